The smallest absolute Gasteiger partial charge is 0.259 e. The van der Waals surface area contributed by atoms with Gasteiger partial charge in [0.05, 0.1) is 14.2 Å². The highest BCUT2D eigenvalue weighted by atomic mass is 16.5. The molecule has 1 amide bonds. The van der Waals surface area contributed by atoms with Crippen molar-refractivity contribution in [1.29, 1.82) is 0 Å². The standard InChI is InChI=1S/C17H22N4O4/c1-11-18-14(20-25-11)6-4-12-8-9-21(10-12)17(22)13-5-7-15(23-2)19-16(13)24-3/h5,7,12H,4,6,8-10H2,1-3H3. The van der Waals surface area contributed by atoms with Crippen LogP contribution in [-0.2, 0) is 6.42 Å². The molecule has 0 radical (unpaired) electrons. The highest BCUT2D eigenvalue weighted by Gasteiger charge is 2.29. The lowest BCUT2D eigenvalue weighted by Gasteiger charge is -2.18. The molecule has 134 valence electrons. The van der Waals surface area contributed by atoms with E-state index in [1.54, 1.807) is 19.1 Å². The Kier molecular flexibility index (Phi) is 5.16. The van der Waals surface area contributed by atoms with Gasteiger partial charge in [0, 0.05) is 32.5 Å². The Hall–Kier alpha value is -2.64. The SMILES string of the molecule is COc1ccc(C(=O)N2CCC(CCc3noc(C)n3)C2)c(OC)n1. The van der Waals surface area contributed by atoms with Gasteiger partial charge < -0.3 is 18.9 Å². The van der Waals surface area contributed by atoms with Crippen LogP contribution in [0, 0.1) is 12.8 Å². The first-order valence-electron chi connectivity index (χ1n) is 8.28. The molecule has 25 heavy (non-hydrogen) atoms. The van der Waals surface area contributed by atoms with Crippen molar-refractivity contribution in [3.05, 3.63) is 29.4 Å². The summed E-state index contributed by atoms with van der Waals surface area (Å²) >= 11 is 0. The Balaban J connectivity index is 1.60. The second-order valence-electron chi connectivity index (χ2n) is 6.08. The normalized spacial score (nSPS) is 16.9. The highest BCUT2D eigenvalue weighted by molar-refractivity contribution is 5.96. The average Bonchev–Trinajstić information content (AvgIpc) is 3.27. The monoisotopic (exact) mass is 346 g/mol. The summed E-state index contributed by atoms with van der Waals surface area (Å²) in [4.78, 5) is 23.0. The van der Waals surface area contributed by atoms with Gasteiger partial charge in [-0.3, -0.25) is 4.79 Å². The van der Waals surface area contributed by atoms with Crippen LogP contribution in [-0.4, -0.2) is 53.2 Å². The number of methoxy groups -OCH3 is 2. The second kappa shape index (κ2) is 7.50. The molecule has 0 aliphatic carbocycles. The quantitative estimate of drug-likeness (QED) is 0.789. The van der Waals surface area contributed by atoms with Crippen LogP contribution in [0.5, 0.6) is 11.8 Å². The van der Waals surface area contributed by atoms with Crippen LogP contribution >= 0.6 is 0 Å². The number of carbonyl (C=O) groups excluding carboxylic acids is 1. The van der Waals surface area contributed by atoms with Crippen molar-refractivity contribution in [2.75, 3.05) is 27.3 Å². The second-order valence-corrected chi connectivity index (χ2v) is 6.08. The van der Waals surface area contributed by atoms with Crippen LogP contribution in [0.15, 0.2) is 16.7 Å². The van der Waals surface area contributed by atoms with Crippen molar-refractivity contribution >= 4 is 5.91 Å². The van der Waals surface area contributed by atoms with Crippen LogP contribution in [0.3, 0.4) is 0 Å². The molecule has 2 aromatic rings. The fraction of sp³-hybridized carbons (Fsp3) is 0.529. The van der Waals surface area contributed by atoms with E-state index in [9.17, 15) is 4.79 Å². The van der Waals surface area contributed by atoms with E-state index in [0.29, 0.717) is 29.8 Å². The minimum Gasteiger partial charge on any atom is -0.481 e. The van der Waals surface area contributed by atoms with Crippen LogP contribution in [0.1, 0.15) is 34.9 Å². The number of pyridine rings is 1. The molecule has 1 aliphatic rings. The number of ether oxygens (including phenoxy) is 2. The number of amides is 1. The van der Waals surface area contributed by atoms with Crippen molar-refractivity contribution < 1.29 is 18.8 Å². The molecule has 8 heteroatoms. The van der Waals surface area contributed by atoms with E-state index in [1.807, 2.05) is 4.90 Å². The molecule has 0 bridgehead atoms. The first-order chi connectivity index (χ1) is 12.1. The number of carbonyl (C=O) groups is 1. The van der Waals surface area contributed by atoms with Gasteiger partial charge in [0.2, 0.25) is 17.7 Å². The maximum Gasteiger partial charge on any atom is 0.259 e. The molecular formula is C17H22N4O4. The molecule has 8 nitrogen and oxygen atoms in total. The van der Waals surface area contributed by atoms with Gasteiger partial charge in [-0.05, 0) is 24.8 Å². The third-order valence-corrected chi connectivity index (χ3v) is 4.39. The van der Waals surface area contributed by atoms with Gasteiger partial charge in [0.15, 0.2) is 5.82 Å². The van der Waals surface area contributed by atoms with E-state index in [-0.39, 0.29) is 11.8 Å². The van der Waals surface area contributed by atoms with Crippen molar-refractivity contribution in [3.63, 3.8) is 0 Å². The van der Waals surface area contributed by atoms with Crippen molar-refractivity contribution in [2.24, 2.45) is 5.92 Å². The molecule has 1 unspecified atom stereocenters. The van der Waals surface area contributed by atoms with Gasteiger partial charge in [0.1, 0.15) is 5.56 Å². The fourth-order valence-electron chi connectivity index (χ4n) is 3.05. The van der Waals surface area contributed by atoms with E-state index in [1.165, 1.54) is 14.2 Å². The largest absolute Gasteiger partial charge is 0.481 e. The van der Waals surface area contributed by atoms with E-state index in [0.717, 1.165) is 31.6 Å². The summed E-state index contributed by atoms with van der Waals surface area (Å²) in [5, 5.41) is 3.91. The summed E-state index contributed by atoms with van der Waals surface area (Å²) < 4.78 is 15.3. The van der Waals surface area contributed by atoms with Crippen molar-refractivity contribution in [1.82, 2.24) is 20.0 Å². The number of hydrogen-bond donors (Lipinski definition) is 0. The van der Waals surface area contributed by atoms with Gasteiger partial charge in [-0.15, -0.1) is 0 Å². The maximum atomic E-state index is 12.8. The summed E-state index contributed by atoms with van der Waals surface area (Å²) in [5.74, 6) is 2.38. The number of hydrogen-bond acceptors (Lipinski definition) is 7. The van der Waals surface area contributed by atoms with Crippen LogP contribution in [0.2, 0.25) is 0 Å². The number of aryl methyl sites for hydroxylation is 2. The number of likely N-dealkylation sites (tertiary alicyclic amines) is 1. The predicted molar refractivity (Wildman–Crippen MR) is 88.7 cm³/mol. The lowest BCUT2D eigenvalue weighted by Crippen LogP contribution is -2.29. The third-order valence-electron chi connectivity index (χ3n) is 4.39. The molecule has 0 N–H and O–H groups in total. The topological polar surface area (TPSA) is 90.6 Å². The third kappa shape index (κ3) is 3.89. The van der Waals surface area contributed by atoms with Crippen molar-refractivity contribution in [2.45, 2.75) is 26.2 Å². The highest BCUT2D eigenvalue weighted by Crippen LogP contribution is 2.26. The molecular weight excluding hydrogens is 324 g/mol. The molecule has 3 heterocycles. The van der Waals surface area contributed by atoms with Gasteiger partial charge in [-0.25, -0.2) is 0 Å². The van der Waals surface area contributed by atoms with Crippen LogP contribution in [0.4, 0.5) is 0 Å². The van der Waals surface area contributed by atoms with Gasteiger partial charge in [0.25, 0.3) is 5.91 Å². The van der Waals surface area contributed by atoms with E-state index >= 15 is 0 Å². The van der Waals surface area contributed by atoms with Gasteiger partial charge >= 0.3 is 0 Å². The van der Waals surface area contributed by atoms with Crippen LogP contribution < -0.4 is 9.47 Å². The minimum atomic E-state index is -0.0649. The Labute approximate surface area is 146 Å². The number of rotatable bonds is 6. The molecule has 1 fully saturated rings. The molecule has 1 aliphatic heterocycles. The van der Waals surface area contributed by atoms with Gasteiger partial charge in [-0.2, -0.15) is 9.97 Å². The first-order valence-corrected chi connectivity index (χ1v) is 8.28. The molecule has 0 spiro atoms. The maximum absolute atomic E-state index is 12.8. The molecule has 1 saturated heterocycles. The molecule has 3 rings (SSSR count). The lowest BCUT2D eigenvalue weighted by molar-refractivity contribution is 0.0782. The van der Waals surface area contributed by atoms with E-state index in [2.05, 4.69) is 15.1 Å². The summed E-state index contributed by atoms with van der Waals surface area (Å²) in [7, 11) is 3.03. The summed E-state index contributed by atoms with van der Waals surface area (Å²) in [6.45, 7) is 3.22. The lowest BCUT2D eigenvalue weighted by atomic mass is 10.0. The van der Waals surface area contributed by atoms with E-state index in [4.69, 9.17) is 14.0 Å². The molecule has 2 aromatic heterocycles. The van der Waals surface area contributed by atoms with Gasteiger partial charge in [-0.1, -0.05) is 5.16 Å². The van der Waals surface area contributed by atoms with Crippen molar-refractivity contribution in [3.8, 4) is 11.8 Å². The minimum absolute atomic E-state index is 0.0649. The Morgan fingerprint density at radius 3 is 2.84 bits per heavy atom. The Bertz CT molecular complexity index is 746. The Morgan fingerprint density at radius 1 is 1.32 bits per heavy atom. The zero-order valence-corrected chi connectivity index (χ0v) is 14.7. The first kappa shape index (κ1) is 17.2. The summed E-state index contributed by atoms with van der Waals surface area (Å²) in [5.41, 5.74) is 0.456. The molecule has 0 saturated carbocycles. The summed E-state index contributed by atoms with van der Waals surface area (Å²) in [6.07, 6.45) is 2.66. The average molecular weight is 346 g/mol. The number of aromatic nitrogens is 3. The molecule has 0 aromatic carbocycles. The summed E-state index contributed by atoms with van der Waals surface area (Å²) in [6, 6.07) is 3.37. The zero-order valence-electron chi connectivity index (χ0n) is 14.7. The molecule has 1 atom stereocenters. The van der Waals surface area contributed by atoms with Crippen LogP contribution in [0.25, 0.3) is 0 Å². The number of nitrogens with zero attached hydrogens (tertiary/aromatic N) is 4. The Morgan fingerprint density at radius 2 is 2.16 bits per heavy atom. The van der Waals surface area contributed by atoms with E-state index < -0.39 is 0 Å². The predicted octanol–water partition coefficient (Wildman–Crippen LogP) is 1.89. The fourth-order valence-corrected chi connectivity index (χ4v) is 3.05. The zero-order chi connectivity index (χ0) is 17.8.